The Hall–Kier alpha value is -0.770. The van der Waals surface area contributed by atoms with Crippen LogP contribution in [0.15, 0.2) is 0 Å². The summed E-state index contributed by atoms with van der Waals surface area (Å²) in [4.78, 5) is 11.3. The number of ether oxygens (including phenoxy) is 1. The summed E-state index contributed by atoms with van der Waals surface area (Å²) < 4.78 is 5.14. The average molecular weight is 229 g/mol. The predicted molar refractivity (Wildman–Crippen MR) is 62.2 cm³/mol. The number of aliphatic hydroxyl groups is 1. The Labute approximate surface area is 97.4 Å². The monoisotopic (exact) mass is 229 g/mol. The van der Waals surface area contributed by atoms with Gasteiger partial charge < -0.3 is 15.2 Å². The van der Waals surface area contributed by atoms with Crippen LogP contribution in [0.4, 0.5) is 4.79 Å². The summed E-state index contributed by atoms with van der Waals surface area (Å²) in [7, 11) is 0. The maximum Gasteiger partial charge on any atom is 0.407 e. The summed E-state index contributed by atoms with van der Waals surface area (Å²) in [5.74, 6) is 1.21. The molecule has 0 aromatic heterocycles. The second kappa shape index (κ2) is 5.53. The van der Waals surface area contributed by atoms with Gasteiger partial charge in [0.2, 0.25) is 0 Å². The third-order valence-corrected chi connectivity index (χ3v) is 2.80. The maximum atomic E-state index is 11.3. The van der Waals surface area contributed by atoms with Crippen LogP contribution in [0.1, 0.15) is 40.0 Å². The smallest absolute Gasteiger partial charge is 0.407 e. The Morgan fingerprint density at radius 2 is 2.00 bits per heavy atom. The zero-order valence-corrected chi connectivity index (χ0v) is 10.5. The van der Waals surface area contributed by atoms with Crippen LogP contribution in [0.25, 0.3) is 0 Å². The van der Waals surface area contributed by atoms with Crippen LogP contribution in [0.3, 0.4) is 0 Å². The molecule has 1 aliphatic rings. The van der Waals surface area contributed by atoms with Gasteiger partial charge in [-0.25, -0.2) is 4.79 Å². The first-order chi connectivity index (χ1) is 7.40. The highest BCUT2D eigenvalue weighted by atomic mass is 16.6. The molecule has 0 spiro atoms. The Balaban J connectivity index is 2.06. The van der Waals surface area contributed by atoms with E-state index in [0.717, 1.165) is 19.3 Å². The molecular formula is C12H23NO3. The highest BCUT2D eigenvalue weighted by Gasteiger charge is 2.29. The van der Waals surface area contributed by atoms with Crippen molar-refractivity contribution >= 4 is 6.09 Å². The normalized spacial score (nSPS) is 24.8. The Bertz CT molecular complexity index is 229. The summed E-state index contributed by atoms with van der Waals surface area (Å²) in [5, 5.41) is 11.5. The minimum atomic E-state index is -0.427. The molecule has 16 heavy (non-hydrogen) atoms. The molecule has 1 aliphatic carbocycles. The van der Waals surface area contributed by atoms with Gasteiger partial charge in [0.15, 0.2) is 0 Å². The molecule has 0 heterocycles. The van der Waals surface area contributed by atoms with E-state index in [0.29, 0.717) is 18.4 Å². The largest absolute Gasteiger partial charge is 0.444 e. The number of carbonyl (C=O) groups excluding carboxylic acids is 1. The zero-order chi connectivity index (χ0) is 12.2. The Kier molecular flexibility index (Phi) is 4.59. The second-order valence-electron chi connectivity index (χ2n) is 5.60. The van der Waals surface area contributed by atoms with E-state index in [1.807, 2.05) is 20.8 Å². The molecule has 2 N–H and O–H groups in total. The van der Waals surface area contributed by atoms with Crippen molar-refractivity contribution in [3.05, 3.63) is 0 Å². The molecule has 1 saturated carbocycles. The van der Waals surface area contributed by atoms with Gasteiger partial charge >= 0.3 is 6.09 Å². The number of hydrogen-bond donors (Lipinski definition) is 2. The lowest BCUT2D eigenvalue weighted by Crippen LogP contribution is -2.39. The topological polar surface area (TPSA) is 58.6 Å². The summed E-state index contributed by atoms with van der Waals surface area (Å²) >= 11 is 0. The van der Waals surface area contributed by atoms with Crippen LogP contribution >= 0.6 is 0 Å². The quantitative estimate of drug-likeness (QED) is 0.774. The lowest BCUT2D eigenvalue weighted by atomic mass is 9.73. The molecule has 94 valence electrons. The van der Waals surface area contributed by atoms with Gasteiger partial charge in [0.25, 0.3) is 0 Å². The molecule has 4 nitrogen and oxygen atoms in total. The van der Waals surface area contributed by atoms with E-state index in [9.17, 15) is 4.79 Å². The first-order valence-corrected chi connectivity index (χ1v) is 5.98. The number of carbonyl (C=O) groups is 1. The number of hydrogen-bond acceptors (Lipinski definition) is 3. The van der Waals surface area contributed by atoms with Crippen molar-refractivity contribution < 1.29 is 14.6 Å². The van der Waals surface area contributed by atoms with Crippen molar-refractivity contribution in [3.63, 3.8) is 0 Å². The summed E-state index contributed by atoms with van der Waals surface area (Å²) in [6.45, 7) is 6.53. The van der Waals surface area contributed by atoms with Crippen molar-refractivity contribution in [1.29, 1.82) is 0 Å². The van der Waals surface area contributed by atoms with Crippen LogP contribution in [0, 0.1) is 11.8 Å². The van der Waals surface area contributed by atoms with E-state index in [1.165, 1.54) is 0 Å². The van der Waals surface area contributed by atoms with Gasteiger partial charge in [-0.1, -0.05) is 0 Å². The van der Waals surface area contributed by atoms with Gasteiger partial charge in [0.05, 0.1) is 0 Å². The molecule has 1 rings (SSSR count). The zero-order valence-electron chi connectivity index (χ0n) is 10.5. The minimum Gasteiger partial charge on any atom is -0.444 e. The van der Waals surface area contributed by atoms with Gasteiger partial charge in [-0.05, 0) is 51.9 Å². The van der Waals surface area contributed by atoms with Crippen molar-refractivity contribution in [2.24, 2.45) is 11.8 Å². The summed E-state index contributed by atoms with van der Waals surface area (Å²) in [6.07, 6.45) is 2.77. The Morgan fingerprint density at radius 3 is 2.50 bits per heavy atom. The first kappa shape index (κ1) is 13.3. The fourth-order valence-electron chi connectivity index (χ4n) is 2.00. The van der Waals surface area contributed by atoms with E-state index in [-0.39, 0.29) is 12.7 Å². The average Bonchev–Trinajstić information content (AvgIpc) is 2.05. The summed E-state index contributed by atoms with van der Waals surface area (Å²) in [6, 6.07) is 0. The molecule has 0 unspecified atom stereocenters. The Morgan fingerprint density at radius 1 is 1.38 bits per heavy atom. The summed E-state index contributed by atoms with van der Waals surface area (Å²) in [5.41, 5.74) is -0.427. The van der Waals surface area contributed by atoms with E-state index < -0.39 is 5.60 Å². The van der Waals surface area contributed by atoms with Gasteiger partial charge in [-0.2, -0.15) is 0 Å². The van der Waals surface area contributed by atoms with Crippen LogP contribution in [0.2, 0.25) is 0 Å². The van der Waals surface area contributed by atoms with Crippen LogP contribution < -0.4 is 5.32 Å². The molecule has 0 aliphatic heterocycles. The van der Waals surface area contributed by atoms with Crippen molar-refractivity contribution in [3.8, 4) is 0 Å². The van der Waals surface area contributed by atoms with Crippen molar-refractivity contribution in [2.45, 2.75) is 45.6 Å². The molecular weight excluding hydrogens is 206 g/mol. The van der Waals surface area contributed by atoms with Crippen LogP contribution in [-0.2, 0) is 4.74 Å². The number of rotatable bonds is 4. The molecule has 0 bridgehead atoms. The van der Waals surface area contributed by atoms with E-state index in [2.05, 4.69) is 5.32 Å². The van der Waals surface area contributed by atoms with E-state index in [4.69, 9.17) is 9.84 Å². The van der Waals surface area contributed by atoms with Gasteiger partial charge in [0, 0.05) is 13.2 Å². The van der Waals surface area contributed by atoms with Crippen LogP contribution in [0.5, 0.6) is 0 Å². The number of nitrogens with one attached hydrogen (secondary N) is 1. The lowest BCUT2D eigenvalue weighted by Gasteiger charge is -2.35. The molecule has 1 fully saturated rings. The second-order valence-corrected chi connectivity index (χ2v) is 5.60. The molecule has 0 atom stereocenters. The fourth-order valence-corrected chi connectivity index (χ4v) is 2.00. The number of aliphatic hydroxyl groups excluding tert-OH is 1. The highest BCUT2D eigenvalue weighted by molar-refractivity contribution is 5.67. The molecule has 1 amide bonds. The van der Waals surface area contributed by atoms with Gasteiger partial charge in [-0.3, -0.25) is 0 Å². The third-order valence-electron chi connectivity index (χ3n) is 2.80. The van der Waals surface area contributed by atoms with E-state index in [1.54, 1.807) is 0 Å². The number of alkyl carbamates (subject to hydrolysis) is 1. The molecule has 0 saturated heterocycles. The van der Waals surface area contributed by atoms with Gasteiger partial charge in [0.1, 0.15) is 5.60 Å². The van der Waals surface area contributed by atoms with Crippen LogP contribution in [-0.4, -0.2) is 30.0 Å². The van der Waals surface area contributed by atoms with Gasteiger partial charge in [-0.15, -0.1) is 0 Å². The predicted octanol–water partition coefficient (Wildman–Crippen LogP) is 1.92. The fraction of sp³-hybridized carbons (Fsp3) is 0.917. The lowest BCUT2D eigenvalue weighted by molar-refractivity contribution is 0.0491. The van der Waals surface area contributed by atoms with E-state index >= 15 is 0 Å². The highest BCUT2D eigenvalue weighted by Crippen LogP contribution is 2.35. The van der Waals surface area contributed by atoms with Crippen molar-refractivity contribution in [1.82, 2.24) is 5.32 Å². The molecule has 0 radical (unpaired) electrons. The molecule has 0 aromatic rings. The van der Waals surface area contributed by atoms with Crippen molar-refractivity contribution in [2.75, 3.05) is 13.2 Å². The third kappa shape index (κ3) is 4.84. The minimum absolute atomic E-state index is 0.275. The molecule has 4 heteroatoms. The number of amides is 1. The standard InChI is InChI=1S/C12H23NO3/c1-12(2,3)16-11(15)13-8-10-6-9(7-10)4-5-14/h9-10,14H,4-8H2,1-3H3,(H,13,15). The maximum absolute atomic E-state index is 11.3. The SMILES string of the molecule is CC(C)(C)OC(=O)NCC1CC(CCO)C1. The first-order valence-electron chi connectivity index (χ1n) is 5.98. The molecule has 0 aromatic carbocycles.